The van der Waals surface area contributed by atoms with E-state index in [9.17, 15) is 9.18 Å². The second-order valence-corrected chi connectivity index (χ2v) is 3.98. The van der Waals surface area contributed by atoms with Gasteiger partial charge in [0, 0.05) is 10.6 Å². The van der Waals surface area contributed by atoms with Gasteiger partial charge in [-0.15, -0.1) is 0 Å². The number of carbonyl (C=O) groups is 1. The molecule has 0 saturated heterocycles. The summed E-state index contributed by atoms with van der Waals surface area (Å²) in [6.07, 6.45) is -0.871. The third-order valence-corrected chi connectivity index (χ3v) is 2.61. The number of benzene rings is 1. The highest BCUT2D eigenvalue weighted by Gasteiger charge is 2.28. The first-order valence-corrected chi connectivity index (χ1v) is 4.99. The number of carboxylic acids is 1. The van der Waals surface area contributed by atoms with E-state index in [1.807, 2.05) is 0 Å². The van der Waals surface area contributed by atoms with Gasteiger partial charge < -0.3 is 9.84 Å². The molecule has 0 saturated carbocycles. The molecule has 6 heteroatoms. The molecule has 84 valence electrons. The molecule has 0 spiro atoms. The lowest BCUT2D eigenvalue weighted by molar-refractivity contribution is -0.134. The van der Waals surface area contributed by atoms with E-state index < -0.39 is 17.9 Å². The van der Waals surface area contributed by atoms with E-state index in [1.54, 1.807) is 0 Å². The monoisotopic (exact) mass is 262 g/mol. The fraction of sp³-hybridized carbons (Fsp3) is 0.100. The molecule has 3 nitrogen and oxygen atoms in total. The summed E-state index contributed by atoms with van der Waals surface area (Å²) in [7, 11) is 0. The minimum atomic E-state index is -2.01. The first-order valence-electron chi connectivity index (χ1n) is 4.23. The van der Waals surface area contributed by atoms with Crippen molar-refractivity contribution in [3.8, 4) is 5.75 Å². The maximum absolute atomic E-state index is 13.3. The molecule has 0 aliphatic carbocycles. The number of hydrogen-bond donors (Lipinski definition) is 1. The van der Waals surface area contributed by atoms with Crippen molar-refractivity contribution in [2.75, 3.05) is 0 Å². The van der Waals surface area contributed by atoms with Crippen LogP contribution in [0.3, 0.4) is 0 Å². The van der Waals surface area contributed by atoms with E-state index in [4.69, 9.17) is 33.0 Å². The Labute approximate surface area is 100 Å². The van der Waals surface area contributed by atoms with Gasteiger partial charge in [-0.3, -0.25) is 0 Å². The van der Waals surface area contributed by atoms with Gasteiger partial charge in [0.25, 0.3) is 6.36 Å². The normalized spacial score (nSPS) is 18.4. The number of alkyl halides is 1. The Morgan fingerprint density at radius 1 is 1.44 bits per heavy atom. The van der Waals surface area contributed by atoms with E-state index in [0.29, 0.717) is 10.6 Å². The second kappa shape index (κ2) is 3.96. The van der Waals surface area contributed by atoms with Gasteiger partial charge in [-0.1, -0.05) is 23.2 Å². The first kappa shape index (κ1) is 11.2. The maximum atomic E-state index is 13.3. The van der Waals surface area contributed by atoms with Gasteiger partial charge in [-0.05, 0) is 18.2 Å². The predicted molar refractivity (Wildman–Crippen MR) is 57.6 cm³/mol. The summed E-state index contributed by atoms with van der Waals surface area (Å²) in [6.45, 7) is 0. The molecule has 0 fully saturated rings. The molecule has 16 heavy (non-hydrogen) atoms. The fourth-order valence-corrected chi connectivity index (χ4v) is 1.88. The molecule has 1 unspecified atom stereocenters. The highest BCUT2D eigenvalue weighted by molar-refractivity contribution is 6.36. The van der Waals surface area contributed by atoms with Gasteiger partial charge in [0.1, 0.15) is 11.3 Å². The zero-order valence-corrected chi connectivity index (χ0v) is 9.22. The average molecular weight is 263 g/mol. The molecule has 0 amide bonds. The SMILES string of the molecule is O=C(O)C1=Cc2c(Cl)cc(Cl)cc2OC1F. The highest BCUT2D eigenvalue weighted by Crippen LogP contribution is 2.37. The Hall–Kier alpha value is -1.26. The molecule has 1 N–H and O–H groups in total. The van der Waals surface area contributed by atoms with Crippen molar-refractivity contribution in [1.29, 1.82) is 0 Å². The van der Waals surface area contributed by atoms with E-state index in [0.717, 1.165) is 6.08 Å². The van der Waals surface area contributed by atoms with Crippen LogP contribution in [0.25, 0.3) is 6.08 Å². The Morgan fingerprint density at radius 2 is 2.12 bits per heavy atom. The number of fused-ring (bicyclic) bond motifs is 1. The van der Waals surface area contributed by atoms with Gasteiger partial charge in [0.15, 0.2) is 0 Å². The van der Waals surface area contributed by atoms with Gasteiger partial charge in [-0.25, -0.2) is 4.79 Å². The summed E-state index contributed by atoms with van der Waals surface area (Å²) in [5, 5.41) is 9.23. The molecule has 1 aromatic carbocycles. The van der Waals surface area contributed by atoms with Crippen molar-refractivity contribution in [3.05, 3.63) is 33.3 Å². The third kappa shape index (κ3) is 1.86. The van der Waals surface area contributed by atoms with Crippen molar-refractivity contribution >= 4 is 35.2 Å². The summed E-state index contributed by atoms with van der Waals surface area (Å²) < 4.78 is 18.1. The van der Waals surface area contributed by atoms with Crippen LogP contribution in [0.1, 0.15) is 5.56 Å². The van der Waals surface area contributed by atoms with Crippen molar-refractivity contribution in [1.82, 2.24) is 0 Å². The van der Waals surface area contributed by atoms with E-state index in [1.165, 1.54) is 12.1 Å². The Kier molecular flexibility index (Phi) is 2.78. The van der Waals surface area contributed by atoms with Gasteiger partial charge in [0.05, 0.1) is 5.02 Å². The summed E-state index contributed by atoms with van der Waals surface area (Å²) in [4.78, 5) is 10.7. The van der Waals surface area contributed by atoms with Crippen LogP contribution in [0, 0.1) is 0 Å². The van der Waals surface area contributed by atoms with Crippen LogP contribution in [0.5, 0.6) is 5.75 Å². The summed E-state index contributed by atoms with van der Waals surface area (Å²) >= 11 is 11.5. The van der Waals surface area contributed by atoms with Gasteiger partial charge in [0.2, 0.25) is 0 Å². The number of hydrogen-bond acceptors (Lipinski definition) is 2. The lowest BCUT2D eigenvalue weighted by Crippen LogP contribution is -2.22. The minimum Gasteiger partial charge on any atom is -0.478 e. The zero-order chi connectivity index (χ0) is 11.9. The lowest BCUT2D eigenvalue weighted by atomic mass is 10.1. The Bertz CT molecular complexity index is 499. The van der Waals surface area contributed by atoms with Crippen LogP contribution < -0.4 is 4.74 Å². The molecule has 1 atom stereocenters. The van der Waals surface area contributed by atoms with E-state index in [2.05, 4.69) is 0 Å². The number of halogens is 3. The summed E-state index contributed by atoms with van der Waals surface area (Å²) in [6, 6.07) is 2.81. The third-order valence-electron chi connectivity index (χ3n) is 2.08. The largest absolute Gasteiger partial charge is 0.478 e. The van der Waals surface area contributed by atoms with E-state index in [-0.39, 0.29) is 10.8 Å². The Balaban J connectivity index is 2.59. The van der Waals surface area contributed by atoms with Crippen LogP contribution in [0.4, 0.5) is 4.39 Å². The standard InChI is InChI=1S/C10H5Cl2FO3/c11-4-1-7(12)5-3-6(10(14)15)9(13)16-8(5)2-4/h1-3,9H,(H,14,15). The van der Waals surface area contributed by atoms with Crippen molar-refractivity contribution in [3.63, 3.8) is 0 Å². The topological polar surface area (TPSA) is 46.5 Å². The molecule has 1 aliphatic rings. The number of carboxylic acid groups (broad SMARTS) is 1. The maximum Gasteiger partial charge on any atom is 0.338 e. The molecule has 2 rings (SSSR count). The Morgan fingerprint density at radius 3 is 2.75 bits per heavy atom. The minimum absolute atomic E-state index is 0.134. The van der Waals surface area contributed by atoms with Crippen LogP contribution in [-0.4, -0.2) is 17.4 Å². The molecular weight excluding hydrogens is 258 g/mol. The molecule has 1 aromatic rings. The van der Waals surface area contributed by atoms with Crippen LogP contribution >= 0.6 is 23.2 Å². The lowest BCUT2D eigenvalue weighted by Gasteiger charge is -2.20. The number of rotatable bonds is 1. The van der Waals surface area contributed by atoms with Gasteiger partial charge >= 0.3 is 5.97 Å². The molecule has 0 bridgehead atoms. The zero-order valence-electron chi connectivity index (χ0n) is 7.71. The van der Waals surface area contributed by atoms with Crippen LogP contribution in [0.2, 0.25) is 10.0 Å². The van der Waals surface area contributed by atoms with Crippen molar-refractivity contribution < 1.29 is 19.0 Å². The average Bonchev–Trinajstić information content (AvgIpc) is 2.15. The highest BCUT2D eigenvalue weighted by atomic mass is 35.5. The number of aliphatic carboxylic acids is 1. The molecule has 1 heterocycles. The molecule has 1 aliphatic heterocycles. The first-order chi connectivity index (χ1) is 7.49. The molecule has 0 aromatic heterocycles. The predicted octanol–water partition coefficient (Wildman–Crippen LogP) is 3.15. The number of ether oxygens (including phenoxy) is 1. The van der Waals surface area contributed by atoms with Crippen LogP contribution in [0.15, 0.2) is 17.7 Å². The quantitative estimate of drug-likeness (QED) is 0.846. The smallest absolute Gasteiger partial charge is 0.338 e. The summed E-state index contributed by atoms with van der Waals surface area (Å²) in [5.74, 6) is -1.25. The van der Waals surface area contributed by atoms with Crippen molar-refractivity contribution in [2.24, 2.45) is 0 Å². The fourth-order valence-electron chi connectivity index (χ4n) is 1.35. The molecular formula is C10H5Cl2FO3. The van der Waals surface area contributed by atoms with Crippen LogP contribution in [-0.2, 0) is 4.79 Å². The summed E-state index contributed by atoms with van der Waals surface area (Å²) in [5.41, 5.74) is -0.172. The molecule has 0 radical (unpaired) electrons. The van der Waals surface area contributed by atoms with Gasteiger partial charge in [-0.2, -0.15) is 4.39 Å². The van der Waals surface area contributed by atoms with Crippen molar-refractivity contribution in [2.45, 2.75) is 6.36 Å². The van der Waals surface area contributed by atoms with E-state index >= 15 is 0 Å². The second-order valence-electron chi connectivity index (χ2n) is 3.14.